The smallest absolute Gasteiger partial charge is 0.338 e. The zero-order valence-corrected chi connectivity index (χ0v) is 11.7. The molecule has 1 aromatic heterocycles. The van der Waals surface area contributed by atoms with Crippen molar-refractivity contribution in [1.82, 2.24) is 4.90 Å². The van der Waals surface area contributed by atoms with Crippen molar-refractivity contribution >= 4 is 28.3 Å². The van der Waals surface area contributed by atoms with Crippen LogP contribution in [0.1, 0.15) is 30.6 Å². The quantitative estimate of drug-likeness (QED) is 0.746. The number of aliphatic hydroxyl groups excluding tert-OH is 1. The van der Waals surface area contributed by atoms with Gasteiger partial charge in [0.05, 0.1) is 5.56 Å². The summed E-state index contributed by atoms with van der Waals surface area (Å²) in [5, 5.41) is 22.3. The van der Waals surface area contributed by atoms with E-state index < -0.39 is 5.97 Å². The fourth-order valence-corrected chi connectivity index (χ4v) is 2.35. The summed E-state index contributed by atoms with van der Waals surface area (Å²) in [6.07, 6.45) is 0.488. The number of hydrogen-bond acceptors (Lipinski definition) is 4. The van der Waals surface area contributed by atoms with Gasteiger partial charge < -0.3 is 15.1 Å². The fourth-order valence-electron chi connectivity index (χ4n) is 1.58. The van der Waals surface area contributed by atoms with Gasteiger partial charge in [-0.2, -0.15) is 0 Å². The Labute approximate surface area is 115 Å². The summed E-state index contributed by atoms with van der Waals surface area (Å²) in [6, 6.07) is 1.07. The highest BCUT2D eigenvalue weighted by molar-refractivity contribution is 7.14. The molecule has 0 saturated heterocycles. The standard InChI is InChI=1S/C12H18N2O4S/c1-8(2)14(5-3-6-15)12(18)13-10-9(11(16)17)4-7-19-10/h4,7-8,15H,3,5-6H2,1-2H3,(H,13,18)(H,16,17). The Morgan fingerprint density at radius 3 is 2.68 bits per heavy atom. The molecule has 1 heterocycles. The zero-order valence-electron chi connectivity index (χ0n) is 10.9. The third-order valence-corrected chi connectivity index (χ3v) is 3.39. The molecule has 0 aromatic carbocycles. The van der Waals surface area contributed by atoms with E-state index in [1.807, 2.05) is 13.8 Å². The molecule has 0 aliphatic rings. The molecule has 2 amide bonds. The van der Waals surface area contributed by atoms with Gasteiger partial charge in [-0.25, -0.2) is 9.59 Å². The lowest BCUT2D eigenvalue weighted by Crippen LogP contribution is -2.41. The maximum atomic E-state index is 12.1. The van der Waals surface area contributed by atoms with Crippen molar-refractivity contribution in [2.24, 2.45) is 0 Å². The Bertz CT molecular complexity index is 445. The third kappa shape index (κ3) is 4.22. The van der Waals surface area contributed by atoms with E-state index in [1.54, 1.807) is 10.3 Å². The molecule has 0 radical (unpaired) electrons. The molecule has 3 N–H and O–H groups in total. The molecule has 0 spiro atoms. The van der Waals surface area contributed by atoms with Gasteiger partial charge in [-0.05, 0) is 31.7 Å². The molecule has 0 unspecified atom stereocenters. The van der Waals surface area contributed by atoms with Crippen LogP contribution in [0.3, 0.4) is 0 Å². The van der Waals surface area contributed by atoms with Gasteiger partial charge in [0.2, 0.25) is 0 Å². The van der Waals surface area contributed by atoms with E-state index in [9.17, 15) is 9.59 Å². The third-order valence-electron chi connectivity index (χ3n) is 2.56. The molecule has 19 heavy (non-hydrogen) atoms. The van der Waals surface area contributed by atoms with E-state index in [4.69, 9.17) is 10.2 Å². The number of nitrogens with zero attached hydrogens (tertiary/aromatic N) is 1. The largest absolute Gasteiger partial charge is 0.478 e. The lowest BCUT2D eigenvalue weighted by atomic mass is 10.3. The number of aliphatic hydroxyl groups is 1. The van der Waals surface area contributed by atoms with E-state index in [0.29, 0.717) is 18.0 Å². The summed E-state index contributed by atoms with van der Waals surface area (Å²) in [4.78, 5) is 24.6. The summed E-state index contributed by atoms with van der Waals surface area (Å²) < 4.78 is 0. The molecule has 6 nitrogen and oxygen atoms in total. The summed E-state index contributed by atoms with van der Waals surface area (Å²) in [5.41, 5.74) is 0.0872. The number of anilines is 1. The van der Waals surface area contributed by atoms with E-state index in [2.05, 4.69) is 5.32 Å². The number of hydrogen-bond donors (Lipinski definition) is 3. The Kier molecular flexibility index (Phi) is 5.78. The highest BCUT2D eigenvalue weighted by Crippen LogP contribution is 2.23. The Balaban J connectivity index is 2.75. The second-order valence-electron chi connectivity index (χ2n) is 4.26. The molecule has 106 valence electrons. The second kappa shape index (κ2) is 7.10. The number of urea groups is 1. The van der Waals surface area contributed by atoms with Crippen LogP contribution in [0.4, 0.5) is 9.80 Å². The van der Waals surface area contributed by atoms with Crippen LogP contribution < -0.4 is 5.32 Å². The highest BCUT2D eigenvalue weighted by Gasteiger charge is 2.19. The topological polar surface area (TPSA) is 89.9 Å². The number of carbonyl (C=O) groups excluding carboxylic acids is 1. The van der Waals surface area contributed by atoms with Crippen molar-refractivity contribution in [3.05, 3.63) is 17.0 Å². The first-order chi connectivity index (χ1) is 8.97. The molecular formula is C12H18N2O4S. The Hall–Kier alpha value is -1.60. The van der Waals surface area contributed by atoms with E-state index >= 15 is 0 Å². The first-order valence-electron chi connectivity index (χ1n) is 5.96. The van der Waals surface area contributed by atoms with Crippen LogP contribution in [0.15, 0.2) is 11.4 Å². The minimum absolute atomic E-state index is 0.00980. The predicted octanol–water partition coefficient (Wildman–Crippen LogP) is 2.07. The number of carboxylic acids is 1. The van der Waals surface area contributed by atoms with Crippen LogP contribution in [0.2, 0.25) is 0 Å². The normalized spacial score (nSPS) is 10.5. The first-order valence-corrected chi connectivity index (χ1v) is 6.84. The number of aromatic carboxylic acids is 1. The van der Waals surface area contributed by atoms with Gasteiger partial charge >= 0.3 is 12.0 Å². The molecule has 0 fully saturated rings. The number of thiophene rings is 1. The van der Waals surface area contributed by atoms with Crippen LogP contribution in [-0.2, 0) is 0 Å². The van der Waals surface area contributed by atoms with Gasteiger partial charge in [0, 0.05) is 19.2 Å². The molecule has 0 bridgehead atoms. The fraction of sp³-hybridized carbons (Fsp3) is 0.500. The van der Waals surface area contributed by atoms with Crippen molar-refractivity contribution in [2.45, 2.75) is 26.3 Å². The van der Waals surface area contributed by atoms with E-state index in [0.717, 1.165) is 0 Å². The number of carboxylic acid groups (broad SMARTS) is 1. The second-order valence-corrected chi connectivity index (χ2v) is 5.18. The van der Waals surface area contributed by atoms with Crippen LogP contribution in [-0.4, -0.2) is 46.3 Å². The minimum atomic E-state index is -1.07. The van der Waals surface area contributed by atoms with Gasteiger partial charge in [-0.3, -0.25) is 5.32 Å². The molecule has 7 heteroatoms. The van der Waals surface area contributed by atoms with Gasteiger partial charge in [0.1, 0.15) is 5.00 Å². The SMILES string of the molecule is CC(C)N(CCCO)C(=O)Nc1sccc1C(=O)O. The van der Waals surface area contributed by atoms with Gasteiger partial charge in [-0.1, -0.05) is 0 Å². The molecule has 0 saturated carbocycles. The van der Waals surface area contributed by atoms with Crippen LogP contribution in [0, 0.1) is 0 Å². The average Bonchev–Trinajstić information content (AvgIpc) is 2.77. The summed E-state index contributed by atoms with van der Waals surface area (Å²) in [6.45, 7) is 4.16. The number of amides is 2. The van der Waals surface area contributed by atoms with Crippen molar-refractivity contribution < 1.29 is 19.8 Å². The maximum Gasteiger partial charge on any atom is 0.338 e. The predicted molar refractivity (Wildman–Crippen MR) is 73.8 cm³/mol. The number of nitrogens with one attached hydrogen (secondary N) is 1. The van der Waals surface area contributed by atoms with E-state index in [1.165, 1.54) is 17.4 Å². The summed E-state index contributed by atoms with van der Waals surface area (Å²) >= 11 is 1.17. The van der Waals surface area contributed by atoms with Crippen molar-refractivity contribution in [3.8, 4) is 0 Å². The Morgan fingerprint density at radius 1 is 1.47 bits per heavy atom. The van der Waals surface area contributed by atoms with Gasteiger partial charge in [-0.15, -0.1) is 11.3 Å². The molecule has 0 atom stereocenters. The maximum absolute atomic E-state index is 12.1. The number of rotatable bonds is 6. The van der Waals surface area contributed by atoms with E-state index in [-0.39, 0.29) is 24.2 Å². The monoisotopic (exact) mass is 286 g/mol. The lowest BCUT2D eigenvalue weighted by molar-refractivity contribution is 0.0698. The lowest BCUT2D eigenvalue weighted by Gasteiger charge is -2.26. The molecule has 0 aliphatic heterocycles. The van der Waals surface area contributed by atoms with Crippen LogP contribution in [0.5, 0.6) is 0 Å². The molecule has 1 rings (SSSR count). The van der Waals surface area contributed by atoms with Crippen LogP contribution in [0.25, 0.3) is 0 Å². The average molecular weight is 286 g/mol. The summed E-state index contributed by atoms with van der Waals surface area (Å²) in [7, 11) is 0. The number of carbonyl (C=O) groups is 2. The summed E-state index contributed by atoms with van der Waals surface area (Å²) in [5.74, 6) is -1.07. The van der Waals surface area contributed by atoms with Gasteiger partial charge in [0.15, 0.2) is 0 Å². The van der Waals surface area contributed by atoms with Crippen molar-refractivity contribution in [3.63, 3.8) is 0 Å². The van der Waals surface area contributed by atoms with Crippen molar-refractivity contribution in [2.75, 3.05) is 18.5 Å². The zero-order chi connectivity index (χ0) is 14.4. The van der Waals surface area contributed by atoms with Gasteiger partial charge in [0.25, 0.3) is 0 Å². The van der Waals surface area contributed by atoms with Crippen LogP contribution >= 0.6 is 11.3 Å². The molecule has 1 aromatic rings. The highest BCUT2D eigenvalue weighted by atomic mass is 32.1. The minimum Gasteiger partial charge on any atom is -0.478 e. The first kappa shape index (κ1) is 15.5. The molecular weight excluding hydrogens is 268 g/mol. The molecule has 0 aliphatic carbocycles. The van der Waals surface area contributed by atoms with Crippen molar-refractivity contribution in [1.29, 1.82) is 0 Å². The Morgan fingerprint density at radius 2 is 2.16 bits per heavy atom.